The Labute approximate surface area is 131 Å². The minimum absolute atomic E-state index is 0.0197. The first-order chi connectivity index (χ1) is 10.4. The summed E-state index contributed by atoms with van der Waals surface area (Å²) in [6.45, 7) is 4.24. The average Bonchev–Trinajstić information content (AvgIpc) is 3.18. The Kier molecular flexibility index (Phi) is 4.16. The highest BCUT2D eigenvalue weighted by atomic mass is 16.5. The van der Waals surface area contributed by atoms with Gasteiger partial charge in [-0.05, 0) is 18.8 Å². The van der Waals surface area contributed by atoms with Crippen molar-refractivity contribution < 1.29 is 19.1 Å². The smallest absolute Gasteiger partial charge is 0.248 e. The van der Waals surface area contributed by atoms with Gasteiger partial charge in [0, 0.05) is 33.0 Å². The Morgan fingerprint density at radius 3 is 2.64 bits per heavy atom. The molecule has 6 heteroatoms. The highest BCUT2D eigenvalue weighted by Crippen LogP contribution is 2.43. The Hall–Kier alpha value is -1.14. The molecule has 3 atom stereocenters. The van der Waals surface area contributed by atoms with E-state index >= 15 is 0 Å². The summed E-state index contributed by atoms with van der Waals surface area (Å²) in [6.07, 6.45) is 2.67. The maximum absolute atomic E-state index is 12.2. The van der Waals surface area contributed by atoms with Crippen molar-refractivity contribution in [2.24, 2.45) is 11.8 Å². The van der Waals surface area contributed by atoms with Crippen molar-refractivity contribution in [1.29, 1.82) is 0 Å². The number of carbonyl (C=O) groups excluding carboxylic acids is 2. The molecule has 1 spiro atoms. The third-order valence-corrected chi connectivity index (χ3v) is 5.09. The Morgan fingerprint density at radius 2 is 2.05 bits per heavy atom. The van der Waals surface area contributed by atoms with Gasteiger partial charge in [-0.3, -0.25) is 9.59 Å². The van der Waals surface area contributed by atoms with E-state index < -0.39 is 0 Å². The van der Waals surface area contributed by atoms with Crippen LogP contribution in [0.25, 0.3) is 0 Å². The predicted molar refractivity (Wildman–Crippen MR) is 80.2 cm³/mol. The topological polar surface area (TPSA) is 59.1 Å². The van der Waals surface area contributed by atoms with Gasteiger partial charge >= 0.3 is 0 Å². The molecule has 0 bridgehead atoms. The van der Waals surface area contributed by atoms with Crippen LogP contribution in [0.1, 0.15) is 26.2 Å². The van der Waals surface area contributed by atoms with Crippen LogP contribution in [0, 0.1) is 11.8 Å². The molecule has 3 rings (SSSR count). The van der Waals surface area contributed by atoms with E-state index in [0.29, 0.717) is 25.6 Å². The van der Waals surface area contributed by atoms with Gasteiger partial charge in [-0.1, -0.05) is 6.92 Å². The molecule has 1 saturated carbocycles. The van der Waals surface area contributed by atoms with E-state index in [9.17, 15) is 9.59 Å². The van der Waals surface area contributed by atoms with Gasteiger partial charge in [0.15, 0.2) is 0 Å². The molecule has 0 radical (unpaired) electrons. The van der Waals surface area contributed by atoms with Gasteiger partial charge < -0.3 is 19.3 Å². The maximum atomic E-state index is 12.2. The van der Waals surface area contributed by atoms with Crippen molar-refractivity contribution in [3.8, 4) is 0 Å². The molecule has 2 heterocycles. The minimum Gasteiger partial charge on any atom is -0.371 e. The van der Waals surface area contributed by atoms with E-state index in [4.69, 9.17) is 9.47 Å². The van der Waals surface area contributed by atoms with Crippen molar-refractivity contribution in [3.63, 3.8) is 0 Å². The van der Waals surface area contributed by atoms with Crippen LogP contribution >= 0.6 is 0 Å². The van der Waals surface area contributed by atoms with E-state index in [1.165, 1.54) is 4.90 Å². The fraction of sp³-hybridized carbons (Fsp3) is 0.875. The average molecular weight is 310 g/mol. The third-order valence-electron chi connectivity index (χ3n) is 5.09. The number of hydrogen-bond donors (Lipinski definition) is 0. The first-order valence-electron chi connectivity index (χ1n) is 8.15. The molecule has 124 valence electrons. The van der Waals surface area contributed by atoms with E-state index in [0.717, 1.165) is 19.3 Å². The Balaban J connectivity index is 1.45. The summed E-state index contributed by atoms with van der Waals surface area (Å²) in [6, 6.07) is 0. The van der Waals surface area contributed by atoms with E-state index in [1.54, 1.807) is 14.1 Å². The van der Waals surface area contributed by atoms with Crippen molar-refractivity contribution in [1.82, 2.24) is 9.80 Å². The number of ether oxygens (including phenoxy) is 2. The number of nitrogens with zero attached hydrogens (tertiary/aromatic N) is 2. The molecule has 22 heavy (non-hydrogen) atoms. The summed E-state index contributed by atoms with van der Waals surface area (Å²) in [7, 11) is 3.46. The number of rotatable bonds is 4. The maximum Gasteiger partial charge on any atom is 0.248 e. The molecule has 0 aromatic heterocycles. The standard InChI is InChI=1S/C16H26N2O4/c1-11-6-13(11)15(20)18-9-16(10-18)7-12(4-5-22-16)21-8-14(19)17(2)3/h11-13H,4-10H2,1-3H3/t11-,12-,13+/m1/s1. The van der Waals surface area contributed by atoms with Gasteiger partial charge in [-0.2, -0.15) is 0 Å². The van der Waals surface area contributed by atoms with Gasteiger partial charge in [0.25, 0.3) is 0 Å². The highest BCUT2D eigenvalue weighted by molar-refractivity contribution is 5.82. The van der Waals surface area contributed by atoms with Crippen LogP contribution in [0.2, 0.25) is 0 Å². The van der Waals surface area contributed by atoms with Crippen LogP contribution in [0.4, 0.5) is 0 Å². The number of likely N-dealkylation sites (tertiary alicyclic amines) is 1. The van der Waals surface area contributed by atoms with Gasteiger partial charge in [0.05, 0.1) is 19.2 Å². The fourth-order valence-corrected chi connectivity index (χ4v) is 3.37. The number of carbonyl (C=O) groups is 2. The Bertz CT molecular complexity index is 459. The minimum atomic E-state index is -0.238. The number of amides is 2. The third kappa shape index (κ3) is 3.13. The lowest BCUT2D eigenvalue weighted by Crippen LogP contribution is -2.67. The zero-order chi connectivity index (χ0) is 15.9. The zero-order valence-electron chi connectivity index (χ0n) is 13.7. The van der Waals surface area contributed by atoms with E-state index in [2.05, 4.69) is 6.92 Å². The molecular weight excluding hydrogens is 284 g/mol. The molecule has 2 aliphatic heterocycles. The van der Waals surface area contributed by atoms with Crippen molar-refractivity contribution >= 4 is 11.8 Å². The zero-order valence-corrected chi connectivity index (χ0v) is 13.7. The molecule has 1 aliphatic carbocycles. The number of hydrogen-bond acceptors (Lipinski definition) is 4. The van der Waals surface area contributed by atoms with Gasteiger partial charge in [0.2, 0.25) is 11.8 Å². The van der Waals surface area contributed by atoms with Gasteiger partial charge in [0.1, 0.15) is 12.2 Å². The second-order valence-corrected chi connectivity index (χ2v) is 7.26. The SMILES string of the molecule is C[C@@H]1C[C@@H]1C(=O)N1CC2(C[C@H](OCC(=O)N(C)C)CCO2)C1. The fourth-order valence-electron chi connectivity index (χ4n) is 3.37. The van der Waals surface area contributed by atoms with Crippen LogP contribution < -0.4 is 0 Å². The molecule has 2 saturated heterocycles. The van der Waals surface area contributed by atoms with Crippen LogP contribution in [0.15, 0.2) is 0 Å². The molecule has 0 aromatic carbocycles. The summed E-state index contributed by atoms with van der Waals surface area (Å²) in [5.74, 6) is 1.05. The molecule has 0 unspecified atom stereocenters. The molecular formula is C16H26N2O4. The first-order valence-corrected chi connectivity index (χ1v) is 8.15. The van der Waals surface area contributed by atoms with Crippen molar-refractivity contribution in [3.05, 3.63) is 0 Å². The molecule has 3 aliphatic rings. The summed E-state index contributed by atoms with van der Waals surface area (Å²) in [4.78, 5) is 27.2. The van der Waals surface area contributed by atoms with E-state index in [-0.39, 0.29) is 36.0 Å². The Morgan fingerprint density at radius 1 is 1.36 bits per heavy atom. The highest BCUT2D eigenvalue weighted by Gasteiger charge is 2.53. The lowest BCUT2D eigenvalue weighted by molar-refractivity contribution is -0.202. The summed E-state index contributed by atoms with van der Waals surface area (Å²) in [5.41, 5.74) is -0.238. The van der Waals surface area contributed by atoms with Gasteiger partial charge in [-0.15, -0.1) is 0 Å². The van der Waals surface area contributed by atoms with Crippen LogP contribution in [0.5, 0.6) is 0 Å². The molecule has 3 fully saturated rings. The van der Waals surface area contributed by atoms with Crippen LogP contribution in [-0.4, -0.2) is 73.7 Å². The molecule has 0 aromatic rings. The second-order valence-electron chi connectivity index (χ2n) is 7.26. The van der Waals surface area contributed by atoms with Gasteiger partial charge in [-0.25, -0.2) is 0 Å². The molecule has 2 amide bonds. The largest absolute Gasteiger partial charge is 0.371 e. The quantitative estimate of drug-likeness (QED) is 0.759. The monoisotopic (exact) mass is 310 g/mol. The lowest BCUT2D eigenvalue weighted by atomic mass is 9.84. The predicted octanol–water partition coefficient (Wildman–Crippen LogP) is 0.507. The normalized spacial score (nSPS) is 32.5. The van der Waals surface area contributed by atoms with Crippen LogP contribution in [0.3, 0.4) is 0 Å². The number of likely N-dealkylation sites (N-methyl/N-ethyl adjacent to an activating group) is 1. The molecule has 6 nitrogen and oxygen atoms in total. The summed E-state index contributed by atoms with van der Waals surface area (Å²) >= 11 is 0. The van der Waals surface area contributed by atoms with E-state index in [1.807, 2.05) is 4.90 Å². The van der Waals surface area contributed by atoms with Crippen molar-refractivity contribution in [2.45, 2.75) is 37.9 Å². The lowest BCUT2D eigenvalue weighted by Gasteiger charge is -2.53. The summed E-state index contributed by atoms with van der Waals surface area (Å²) < 4.78 is 11.7. The second kappa shape index (κ2) is 5.81. The summed E-state index contributed by atoms with van der Waals surface area (Å²) in [5, 5.41) is 0. The first kappa shape index (κ1) is 15.7. The molecule has 0 N–H and O–H groups in total. The van der Waals surface area contributed by atoms with Crippen molar-refractivity contribution in [2.75, 3.05) is 40.4 Å². The van der Waals surface area contributed by atoms with Crippen LogP contribution in [-0.2, 0) is 19.1 Å².